The molecule has 0 saturated heterocycles. The molecule has 0 aliphatic carbocycles. The van der Waals surface area contributed by atoms with Gasteiger partial charge in [0.1, 0.15) is 6.61 Å². The Morgan fingerprint density at radius 1 is 1.21 bits per heavy atom. The van der Waals surface area contributed by atoms with Crippen molar-refractivity contribution in [3.8, 4) is 12.1 Å². The van der Waals surface area contributed by atoms with Crippen molar-refractivity contribution < 1.29 is 4.74 Å². The van der Waals surface area contributed by atoms with Gasteiger partial charge >= 0.3 is 6.01 Å². The van der Waals surface area contributed by atoms with Crippen LogP contribution in [0, 0.1) is 11.3 Å². The molecule has 0 amide bonds. The molecule has 1 heterocycles. The van der Waals surface area contributed by atoms with Crippen LogP contribution in [0.15, 0.2) is 30.5 Å². The first-order valence-corrected chi connectivity index (χ1v) is 6.20. The predicted octanol–water partition coefficient (Wildman–Crippen LogP) is 3.43. The zero-order valence-corrected chi connectivity index (χ0v) is 11.3. The first kappa shape index (κ1) is 13.6. The molecule has 0 saturated carbocycles. The molecule has 6 heteroatoms. The third-order valence-corrected chi connectivity index (χ3v) is 3.04. The average Bonchev–Trinajstić information content (AvgIpc) is 2.41. The van der Waals surface area contributed by atoms with Crippen molar-refractivity contribution in [1.29, 1.82) is 5.26 Å². The zero-order valence-electron chi connectivity index (χ0n) is 9.81. The van der Waals surface area contributed by atoms with Crippen LogP contribution in [-0.2, 0) is 13.0 Å². The quantitative estimate of drug-likeness (QED) is 0.866. The maximum atomic E-state index is 8.60. The van der Waals surface area contributed by atoms with E-state index < -0.39 is 0 Å². The Balaban J connectivity index is 2.04. The zero-order chi connectivity index (χ0) is 13.7. The molecular weight excluding hydrogens is 285 g/mol. The number of ether oxygens (including phenoxy) is 1. The van der Waals surface area contributed by atoms with Gasteiger partial charge in [0.25, 0.3) is 0 Å². The van der Waals surface area contributed by atoms with E-state index in [1.165, 1.54) is 0 Å². The van der Waals surface area contributed by atoms with Gasteiger partial charge in [-0.25, -0.2) is 4.98 Å². The van der Waals surface area contributed by atoms with Gasteiger partial charge in [0, 0.05) is 6.20 Å². The lowest BCUT2D eigenvalue weighted by Gasteiger charge is -2.06. The normalized spacial score (nSPS) is 9.95. The Morgan fingerprint density at radius 3 is 2.79 bits per heavy atom. The standard InChI is InChI=1S/C13H9Cl2N3O/c14-11-2-1-9(7-12(11)15)8-19-13-17-6-4-10(18-13)3-5-16/h1-2,4,6-7H,3,8H2. The lowest BCUT2D eigenvalue weighted by molar-refractivity contribution is 0.280. The highest BCUT2D eigenvalue weighted by Crippen LogP contribution is 2.23. The van der Waals surface area contributed by atoms with Gasteiger partial charge < -0.3 is 4.74 Å². The molecule has 2 rings (SSSR count). The number of hydrogen-bond donors (Lipinski definition) is 0. The van der Waals surface area contributed by atoms with E-state index >= 15 is 0 Å². The maximum Gasteiger partial charge on any atom is 0.316 e. The van der Waals surface area contributed by atoms with Crippen LogP contribution in [0.25, 0.3) is 0 Å². The Kier molecular flexibility index (Phi) is 4.56. The highest BCUT2D eigenvalue weighted by molar-refractivity contribution is 6.42. The molecule has 1 aromatic carbocycles. The molecular formula is C13H9Cl2N3O. The van der Waals surface area contributed by atoms with Crippen LogP contribution < -0.4 is 4.74 Å². The summed E-state index contributed by atoms with van der Waals surface area (Å²) in [5.74, 6) is 0. The highest BCUT2D eigenvalue weighted by atomic mass is 35.5. The number of rotatable bonds is 4. The van der Waals surface area contributed by atoms with Crippen molar-refractivity contribution in [3.63, 3.8) is 0 Å². The summed E-state index contributed by atoms with van der Waals surface area (Å²) >= 11 is 11.7. The topological polar surface area (TPSA) is 58.8 Å². The van der Waals surface area contributed by atoms with Crippen molar-refractivity contribution in [3.05, 3.63) is 51.8 Å². The monoisotopic (exact) mass is 293 g/mol. The fourth-order valence-electron chi connectivity index (χ4n) is 1.40. The van der Waals surface area contributed by atoms with Gasteiger partial charge in [0.05, 0.1) is 28.2 Å². The van der Waals surface area contributed by atoms with E-state index in [-0.39, 0.29) is 19.0 Å². The lowest BCUT2D eigenvalue weighted by Crippen LogP contribution is -2.01. The summed E-state index contributed by atoms with van der Waals surface area (Å²) in [4.78, 5) is 8.08. The average molecular weight is 294 g/mol. The minimum atomic E-state index is 0.228. The van der Waals surface area contributed by atoms with E-state index in [9.17, 15) is 0 Å². The van der Waals surface area contributed by atoms with Gasteiger partial charge in [0.2, 0.25) is 0 Å². The van der Waals surface area contributed by atoms with Gasteiger partial charge in [-0.2, -0.15) is 10.2 Å². The van der Waals surface area contributed by atoms with Crippen molar-refractivity contribution in [2.45, 2.75) is 13.0 Å². The number of halogens is 2. The second-order valence-corrected chi connectivity index (χ2v) is 4.52. The second-order valence-electron chi connectivity index (χ2n) is 3.70. The molecule has 0 atom stereocenters. The lowest BCUT2D eigenvalue weighted by atomic mass is 10.2. The Bertz CT molecular complexity index is 626. The molecule has 0 fully saturated rings. The molecule has 0 N–H and O–H groups in total. The van der Waals surface area contributed by atoms with Crippen molar-refractivity contribution in [2.75, 3.05) is 0 Å². The van der Waals surface area contributed by atoms with Crippen LogP contribution >= 0.6 is 23.2 Å². The van der Waals surface area contributed by atoms with Crippen molar-refractivity contribution in [2.24, 2.45) is 0 Å². The van der Waals surface area contributed by atoms with Gasteiger partial charge in [-0.3, -0.25) is 0 Å². The van der Waals surface area contributed by atoms with Gasteiger partial charge in [-0.1, -0.05) is 29.3 Å². The third kappa shape index (κ3) is 3.82. The summed E-state index contributed by atoms with van der Waals surface area (Å²) in [6.45, 7) is 0.285. The molecule has 0 spiro atoms. The molecule has 96 valence electrons. The third-order valence-electron chi connectivity index (χ3n) is 2.30. The van der Waals surface area contributed by atoms with Gasteiger partial charge in [-0.05, 0) is 23.8 Å². The summed E-state index contributed by atoms with van der Waals surface area (Å²) in [5, 5.41) is 9.57. The van der Waals surface area contributed by atoms with Crippen LogP contribution in [-0.4, -0.2) is 9.97 Å². The second kappa shape index (κ2) is 6.37. The smallest absolute Gasteiger partial charge is 0.316 e. The number of benzene rings is 1. The van der Waals surface area contributed by atoms with Crippen molar-refractivity contribution >= 4 is 23.2 Å². The predicted molar refractivity (Wildman–Crippen MR) is 72.1 cm³/mol. The van der Waals surface area contributed by atoms with Gasteiger partial charge in [-0.15, -0.1) is 0 Å². The molecule has 0 bridgehead atoms. The maximum absolute atomic E-state index is 8.60. The largest absolute Gasteiger partial charge is 0.459 e. The SMILES string of the molecule is N#CCc1ccnc(OCc2ccc(Cl)c(Cl)c2)n1. The molecule has 4 nitrogen and oxygen atoms in total. The van der Waals surface area contributed by atoms with Crippen molar-refractivity contribution in [1.82, 2.24) is 9.97 Å². The molecule has 2 aromatic rings. The molecule has 0 aliphatic rings. The fraction of sp³-hybridized carbons (Fsp3) is 0.154. The highest BCUT2D eigenvalue weighted by Gasteiger charge is 2.03. The summed E-state index contributed by atoms with van der Waals surface area (Å²) in [7, 11) is 0. The van der Waals surface area contributed by atoms with E-state index in [1.54, 1.807) is 24.4 Å². The van der Waals surface area contributed by atoms with E-state index in [2.05, 4.69) is 9.97 Å². The number of nitriles is 1. The minimum absolute atomic E-state index is 0.228. The number of nitrogens with zero attached hydrogens (tertiary/aromatic N) is 3. The van der Waals surface area contributed by atoms with Crippen LogP contribution in [0.4, 0.5) is 0 Å². The Hall–Kier alpha value is -1.83. The summed E-state index contributed by atoms with van der Waals surface area (Å²) < 4.78 is 5.44. The summed E-state index contributed by atoms with van der Waals surface area (Å²) in [6.07, 6.45) is 1.79. The molecule has 1 aromatic heterocycles. The number of hydrogen-bond acceptors (Lipinski definition) is 4. The summed E-state index contributed by atoms with van der Waals surface area (Å²) in [5.41, 5.74) is 1.49. The molecule has 0 radical (unpaired) electrons. The first-order valence-electron chi connectivity index (χ1n) is 5.44. The van der Waals surface area contributed by atoms with E-state index in [4.69, 9.17) is 33.2 Å². The van der Waals surface area contributed by atoms with Crippen LogP contribution in [0.1, 0.15) is 11.3 Å². The minimum Gasteiger partial charge on any atom is -0.459 e. The van der Waals surface area contributed by atoms with E-state index in [1.807, 2.05) is 12.1 Å². The van der Waals surface area contributed by atoms with Gasteiger partial charge in [0.15, 0.2) is 0 Å². The Labute approximate surface area is 120 Å². The molecule has 0 unspecified atom stereocenters. The first-order chi connectivity index (χ1) is 9.19. The number of aromatic nitrogens is 2. The van der Waals surface area contributed by atoms with Crippen LogP contribution in [0.5, 0.6) is 6.01 Å². The summed E-state index contributed by atoms with van der Waals surface area (Å²) in [6, 6.07) is 9.17. The molecule has 19 heavy (non-hydrogen) atoms. The van der Waals surface area contributed by atoms with Crippen LogP contribution in [0.3, 0.4) is 0 Å². The van der Waals surface area contributed by atoms with Crippen LogP contribution in [0.2, 0.25) is 10.0 Å². The Morgan fingerprint density at radius 2 is 2.05 bits per heavy atom. The van der Waals surface area contributed by atoms with E-state index in [0.717, 1.165) is 5.56 Å². The molecule has 0 aliphatic heterocycles. The fourth-order valence-corrected chi connectivity index (χ4v) is 1.72. The van der Waals surface area contributed by atoms with E-state index in [0.29, 0.717) is 15.7 Å².